The van der Waals surface area contributed by atoms with E-state index in [0.717, 1.165) is 24.3 Å². The van der Waals surface area contributed by atoms with E-state index in [9.17, 15) is 5.11 Å². The Morgan fingerprint density at radius 3 is 2.03 bits per heavy atom. The average molecular weight is 465 g/mol. The second kappa shape index (κ2) is 15.5. The third-order valence-electron chi connectivity index (χ3n) is 4.34. The number of aliphatic carboxylic acids is 2. The molecule has 0 aliphatic heterocycles. The highest BCUT2D eigenvalue weighted by atomic mass is 16.5. The monoisotopic (exact) mass is 465 g/mol. The third-order valence-corrected chi connectivity index (χ3v) is 4.34. The zero-order chi connectivity index (χ0) is 24.6. The second-order valence-electron chi connectivity index (χ2n) is 6.77. The maximum atomic E-state index is 10.0. The Labute approximate surface area is 192 Å². The van der Waals surface area contributed by atoms with Crippen LogP contribution in [0.1, 0.15) is 11.1 Å². The molecule has 0 aromatic heterocycles. The molecule has 0 spiro atoms. The number of aliphatic hydroxyl groups is 1. The van der Waals surface area contributed by atoms with Crippen molar-refractivity contribution in [2.45, 2.75) is 19.1 Å². The number of benzene rings is 2. The number of aliphatic hydroxyl groups excluding tert-OH is 1. The van der Waals surface area contributed by atoms with Gasteiger partial charge >= 0.3 is 11.9 Å². The molecule has 0 heterocycles. The SMILES string of the molecule is COc1ccc(CCNCC(O)COCc2ccc(OC)c(OC)c2)cc1.O=C(O)C(=O)O. The van der Waals surface area contributed by atoms with Crippen molar-refractivity contribution in [3.05, 3.63) is 53.6 Å². The van der Waals surface area contributed by atoms with Crippen LogP contribution in [-0.2, 0) is 27.4 Å². The third kappa shape index (κ3) is 11.2. The fourth-order valence-electron chi connectivity index (χ4n) is 2.64. The summed E-state index contributed by atoms with van der Waals surface area (Å²) in [7, 11) is 4.86. The topological polar surface area (TPSA) is 144 Å². The van der Waals surface area contributed by atoms with Crippen molar-refractivity contribution in [3.63, 3.8) is 0 Å². The summed E-state index contributed by atoms with van der Waals surface area (Å²) >= 11 is 0. The normalized spacial score (nSPS) is 11.0. The van der Waals surface area contributed by atoms with Crippen molar-refractivity contribution < 1.29 is 43.9 Å². The van der Waals surface area contributed by atoms with Crippen LogP contribution < -0.4 is 19.5 Å². The molecule has 182 valence electrons. The van der Waals surface area contributed by atoms with E-state index >= 15 is 0 Å². The number of hydrogen-bond acceptors (Lipinski definition) is 8. The maximum absolute atomic E-state index is 10.0. The molecule has 2 aromatic rings. The standard InChI is InChI=1S/C21H29NO5.C2H2O4/c1-24-19-7-4-16(5-8-19)10-11-22-13-18(23)15-27-14-17-6-9-20(25-2)21(12-17)26-3;3-1(4)2(5)6/h4-9,12,18,22-23H,10-11,13-15H2,1-3H3;(H,3,4)(H,5,6). The van der Waals surface area contributed by atoms with Crippen LogP contribution in [0.5, 0.6) is 17.2 Å². The van der Waals surface area contributed by atoms with Gasteiger partial charge < -0.3 is 39.6 Å². The fourth-order valence-corrected chi connectivity index (χ4v) is 2.64. The van der Waals surface area contributed by atoms with Gasteiger partial charge in [-0.25, -0.2) is 9.59 Å². The second-order valence-corrected chi connectivity index (χ2v) is 6.77. The van der Waals surface area contributed by atoms with Gasteiger partial charge in [0.1, 0.15) is 5.75 Å². The molecule has 10 heteroatoms. The number of carbonyl (C=O) groups is 2. The highest BCUT2D eigenvalue weighted by Gasteiger charge is 2.07. The van der Waals surface area contributed by atoms with Gasteiger partial charge in [-0.2, -0.15) is 0 Å². The van der Waals surface area contributed by atoms with Gasteiger partial charge in [-0.05, 0) is 48.4 Å². The summed E-state index contributed by atoms with van der Waals surface area (Å²) in [5, 5.41) is 28.1. The molecule has 0 radical (unpaired) electrons. The van der Waals surface area contributed by atoms with Gasteiger partial charge in [-0.1, -0.05) is 18.2 Å². The zero-order valence-electron chi connectivity index (χ0n) is 18.9. The first-order valence-electron chi connectivity index (χ1n) is 10.1. The van der Waals surface area contributed by atoms with Crippen LogP contribution in [-0.4, -0.2) is 74.4 Å². The lowest BCUT2D eigenvalue weighted by molar-refractivity contribution is -0.159. The summed E-state index contributed by atoms with van der Waals surface area (Å²) in [5.41, 5.74) is 2.19. The molecule has 1 atom stereocenters. The molecule has 33 heavy (non-hydrogen) atoms. The van der Waals surface area contributed by atoms with E-state index in [1.165, 1.54) is 5.56 Å². The van der Waals surface area contributed by atoms with E-state index in [-0.39, 0.29) is 6.61 Å². The molecule has 10 nitrogen and oxygen atoms in total. The Balaban J connectivity index is 0.000000801. The Hall–Kier alpha value is -3.34. The van der Waals surface area contributed by atoms with E-state index in [1.54, 1.807) is 21.3 Å². The van der Waals surface area contributed by atoms with Gasteiger partial charge in [0.25, 0.3) is 0 Å². The first kappa shape index (κ1) is 27.7. The van der Waals surface area contributed by atoms with E-state index in [2.05, 4.69) is 5.32 Å². The van der Waals surface area contributed by atoms with Crippen molar-refractivity contribution in [1.82, 2.24) is 5.32 Å². The smallest absolute Gasteiger partial charge is 0.414 e. The van der Waals surface area contributed by atoms with Crippen LogP contribution in [0.25, 0.3) is 0 Å². The molecule has 4 N–H and O–H groups in total. The molecule has 2 aromatic carbocycles. The Bertz CT molecular complexity index is 844. The van der Waals surface area contributed by atoms with E-state index in [1.807, 2.05) is 42.5 Å². The molecule has 0 aliphatic carbocycles. The number of methoxy groups -OCH3 is 3. The van der Waals surface area contributed by atoms with Crippen molar-refractivity contribution in [3.8, 4) is 17.2 Å². The van der Waals surface area contributed by atoms with Gasteiger partial charge in [0, 0.05) is 6.54 Å². The first-order valence-corrected chi connectivity index (χ1v) is 10.1. The number of carboxylic acid groups (broad SMARTS) is 2. The Morgan fingerprint density at radius 1 is 0.879 bits per heavy atom. The summed E-state index contributed by atoms with van der Waals surface area (Å²) in [6.45, 7) is 1.95. The molecular formula is C23H31NO9. The van der Waals surface area contributed by atoms with Crippen LogP contribution >= 0.6 is 0 Å². The van der Waals surface area contributed by atoms with E-state index in [0.29, 0.717) is 24.7 Å². The van der Waals surface area contributed by atoms with Crippen LogP contribution in [0, 0.1) is 0 Å². The van der Waals surface area contributed by atoms with Crippen molar-refractivity contribution >= 4 is 11.9 Å². The lowest BCUT2D eigenvalue weighted by atomic mass is 10.1. The molecule has 0 aliphatic rings. The quantitative estimate of drug-likeness (QED) is 0.269. The molecule has 2 rings (SSSR count). The minimum absolute atomic E-state index is 0.268. The van der Waals surface area contributed by atoms with Gasteiger partial charge in [0.05, 0.1) is 40.6 Å². The molecular weight excluding hydrogens is 434 g/mol. The van der Waals surface area contributed by atoms with Gasteiger partial charge in [0.2, 0.25) is 0 Å². The van der Waals surface area contributed by atoms with Crippen molar-refractivity contribution in [2.75, 3.05) is 41.0 Å². The molecule has 0 saturated heterocycles. The molecule has 0 saturated carbocycles. The lowest BCUT2D eigenvalue weighted by Crippen LogP contribution is -2.31. The van der Waals surface area contributed by atoms with Crippen LogP contribution in [0.15, 0.2) is 42.5 Å². The number of carboxylic acids is 2. The Morgan fingerprint density at radius 2 is 1.48 bits per heavy atom. The van der Waals surface area contributed by atoms with Crippen LogP contribution in [0.3, 0.4) is 0 Å². The average Bonchev–Trinajstić information content (AvgIpc) is 2.82. The number of ether oxygens (including phenoxy) is 4. The summed E-state index contributed by atoms with van der Waals surface area (Å²) < 4.78 is 21.2. The fraction of sp³-hybridized carbons (Fsp3) is 0.391. The van der Waals surface area contributed by atoms with Crippen LogP contribution in [0.4, 0.5) is 0 Å². The maximum Gasteiger partial charge on any atom is 0.414 e. The summed E-state index contributed by atoms with van der Waals surface area (Å²) in [6, 6.07) is 13.6. The predicted molar refractivity (Wildman–Crippen MR) is 120 cm³/mol. The van der Waals surface area contributed by atoms with E-state index in [4.69, 9.17) is 38.7 Å². The van der Waals surface area contributed by atoms with Crippen LogP contribution in [0.2, 0.25) is 0 Å². The lowest BCUT2D eigenvalue weighted by Gasteiger charge is -2.13. The van der Waals surface area contributed by atoms with Crippen molar-refractivity contribution in [2.24, 2.45) is 0 Å². The highest BCUT2D eigenvalue weighted by Crippen LogP contribution is 2.27. The minimum Gasteiger partial charge on any atom is -0.497 e. The predicted octanol–water partition coefficient (Wildman–Crippen LogP) is 1.58. The first-order chi connectivity index (χ1) is 15.8. The summed E-state index contributed by atoms with van der Waals surface area (Å²) in [6.07, 6.45) is 0.337. The molecule has 1 unspecified atom stereocenters. The Kier molecular flexibility index (Phi) is 13.0. The van der Waals surface area contributed by atoms with Crippen molar-refractivity contribution in [1.29, 1.82) is 0 Å². The largest absolute Gasteiger partial charge is 0.497 e. The summed E-state index contributed by atoms with van der Waals surface area (Å²) in [5.74, 6) is -1.44. The zero-order valence-corrected chi connectivity index (χ0v) is 18.9. The molecule has 0 bridgehead atoms. The van der Waals surface area contributed by atoms with Gasteiger partial charge in [-0.15, -0.1) is 0 Å². The number of rotatable bonds is 12. The highest BCUT2D eigenvalue weighted by molar-refractivity contribution is 6.27. The van der Waals surface area contributed by atoms with Gasteiger partial charge in [0.15, 0.2) is 11.5 Å². The van der Waals surface area contributed by atoms with E-state index < -0.39 is 18.0 Å². The summed E-state index contributed by atoms with van der Waals surface area (Å²) in [4.78, 5) is 18.2. The number of nitrogens with one attached hydrogen (secondary N) is 1. The molecule has 0 fully saturated rings. The van der Waals surface area contributed by atoms with Gasteiger partial charge in [-0.3, -0.25) is 0 Å². The minimum atomic E-state index is -1.82. The molecule has 0 amide bonds. The number of hydrogen-bond donors (Lipinski definition) is 4.